The molecule has 0 radical (unpaired) electrons. The number of rotatable bonds is 9. The van der Waals surface area contributed by atoms with Gasteiger partial charge in [-0.1, -0.05) is 29.3 Å². The maximum Gasteiger partial charge on any atom is 0.407 e. The minimum Gasteiger partial charge on any atom is -0.450 e. The van der Waals surface area contributed by atoms with Gasteiger partial charge in [-0.2, -0.15) is 9.97 Å². The van der Waals surface area contributed by atoms with Gasteiger partial charge >= 0.3 is 6.09 Å². The Morgan fingerprint density at radius 1 is 1.28 bits per heavy atom. The third-order valence-electron chi connectivity index (χ3n) is 4.73. The van der Waals surface area contributed by atoms with Crippen molar-refractivity contribution in [1.82, 2.24) is 24.8 Å². The van der Waals surface area contributed by atoms with Crippen LogP contribution in [-0.4, -0.2) is 46.3 Å². The molecule has 3 aromatic rings. The Bertz CT molecular complexity index is 1110. The van der Waals surface area contributed by atoms with Crippen LogP contribution < -0.4 is 16.0 Å². The van der Waals surface area contributed by atoms with Crippen LogP contribution >= 0.6 is 23.2 Å². The van der Waals surface area contributed by atoms with E-state index in [0.717, 1.165) is 6.42 Å². The smallest absolute Gasteiger partial charge is 0.407 e. The van der Waals surface area contributed by atoms with E-state index in [1.807, 2.05) is 18.7 Å². The normalized spacial score (nSPS) is 11.0. The van der Waals surface area contributed by atoms with Gasteiger partial charge in [-0.15, -0.1) is 0 Å². The largest absolute Gasteiger partial charge is 0.450 e. The Labute approximate surface area is 194 Å². The molecule has 0 saturated carbocycles. The number of nitrogens with zero attached hydrogens (tertiary/aromatic N) is 5. The van der Waals surface area contributed by atoms with Crippen molar-refractivity contribution in [2.75, 3.05) is 31.3 Å². The van der Waals surface area contributed by atoms with Gasteiger partial charge in [-0.25, -0.2) is 14.2 Å². The topological polar surface area (TPSA) is 111 Å². The molecule has 0 spiro atoms. The van der Waals surface area contributed by atoms with Crippen molar-refractivity contribution in [1.29, 1.82) is 0 Å². The highest BCUT2D eigenvalue weighted by molar-refractivity contribution is 6.36. The SMILES string of the molecule is CN(C)c1nc(N)c2ncn(CCCCOC(=O)NCc3c(Cl)ccc(CF)c3Cl)c2n1. The van der Waals surface area contributed by atoms with E-state index in [1.54, 1.807) is 17.3 Å². The van der Waals surface area contributed by atoms with Crippen molar-refractivity contribution >= 4 is 52.2 Å². The monoisotopic (exact) mass is 483 g/mol. The molecule has 0 unspecified atom stereocenters. The molecule has 0 aliphatic rings. The van der Waals surface area contributed by atoms with E-state index in [-0.39, 0.29) is 18.2 Å². The van der Waals surface area contributed by atoms with Crippen LogP contribution in [0.15, 0.2) is 18.5 Å². The van der Waals surface area contributed by atoms with E-state index >= 15 is 0 Å². The number of nitrogen functional groups attached to an aromatic ring is 1. The number of alkyl carbamates (subject to hydrolysis) is 1. The molecule has 32 heavy (non-hydrogen) atoms. The van der Waals surface area contributed by atoms with E-state index < -0.39 is 12.8 Å². The summed E-state index contributed by atoms with van der Waals surface area (Å²) in [6.45, 7) is 0.186. The third-order valence-corrected chi connectivity index (χ3v) is 5.55. The Hall–Kier alpha value is -2.85. The molecule has 0 fully saturated rings. The first-order valence-corrected chi connectivity index (χ1v) is 10.7. The van der Waals surface area contributed by atoms with E-state index in [4.69, 9.17) is 33.7 Å². The molecule has 0 saturated heterocycles. The Balaban J connectivity index is 1.46. The standard InChI is InChI=1S/C20H24Cl2FN7O2/c1-29(2)19-27-17(24)16-18(28-19)30(11-26-16)7-3-4-8-32-20(31)25-10-13-14(21)6-5-12(9-23)15(13)22/h5-6,11H,3-4,7-10H2,1-2H3,(H,25,31)(H2,24,27,28). The zero-order valence-electron chi connectivity index (χ0n) is 17.7. The lowest BCUT2D eigenvalue weighted by Crippen LogP contribution is -2.24. The molecule has 0 atom stereocenters. The zero-order chi connectivity index (χ0) is 23.3. The van der Waals surface area contributed by atoms with Gasteiger partial charge in [0.05, 0.1) is 18.0 Å². The van der Waals surface area contributed by atoms with E-state index in [9.17, 15) is 9.18 Å². The summed E-state index contributed by atoms with van der Waals surface area (Å²) in [5.74, 6) is 0.837. The molecule has 2 heterocycles. The minimum absolute atomic E-state index is 0.0424. The van der Waals surface area contributed by atoms with Crippen LogP contribution in [0, 0.1) is 0 Å². The molecule has 1 amide bonds. The van der Waals surface area contributed by atoms with Crippen LogP contribution in [0.25, 0.3) is 11.2 Å². The second-order valence-electron chi connectivity index (χ2n) is 7.24. The van der Waals surface area contributed by atoms with Gasteiger partial charge in [-0.05, 0) is 18.9 Å². The second kappa shape index (κ2) is 10.6. The summed E-state index contributed by atoms with van der Waals surface area (Å²) >= 11 is 12.2. The fraction of sp³-hybridized carbons (Fsp3) is 0.400. The molecule has 0 bridgehead atoms. The molecule has 12 heteroatoms. The first kappa shape index (κ1) is 23.8. The lowest BCUT2D eigenvalue weighted by molar-refractivity contribution is 0.143. The van der Waals surface area contributed by atoms with Gasteiger partial charge in [0, 0.05) is 43.3 Å². The number of carbonyl (C=O) groups excluding carboxylic acids is 1. The number of hydrogen-bond acceptors (Lipinski definition) is 7. The third kappa shape index (κ3) is 5.49. The van der Waals surface area contributed by atoms with Crippen molar-refractivity contribution in [3.8, 4) is 0 Å². The number of aryl methyl sites for hydroxylation is 1. The number of aromatic nitrogens is 4. The zero-order valence-corrected chi connectivity index (χ0v) is 19.3. The fourth-order valence-electron chi connectivity index (χ4n) is 2.99. The summed E-state index contributed by atoms with van der Waals surface area (Å²) in [7, 11) is 3.67. The summed E-state index contributed by atoms with van der Waals surface area (Å²) in [6, 6.07) is 3.06. The lowest BCUT2D eigenvalue weighted by Gasteiger charge is -2.12. The van der Waals surface area contributed by atoms with E-state index in [2.05, 4.69) is 20.3 Å². The van der Waals surface area contributed by atoms with Crippen LogP contribution in [0.3, 0.4) is 0 Å². The Morgan fingerprint density at radius 3 is 2.78 bits per heavy atom. The number of hydrogen-bond donors (Lipinski definition) is 2. The molecule has 0 aliphatic heterocycles. The first-order chi connectivity index (χ1) is 15.3. The van der Waals surface area contributed by atoms with Crippen molar-refractivity contribution < 1.29 is 13.9 Å². The Kier molecular flexibility index (Phi) is 7.92. The molecule has 0 aliphatic carbocycles. The van der Waals surface area contributed by atoms with Crippen molar-refractivity contribution in [2.45, 2.75) is 32.6 Å². The van der Waals surface area contributed by atoms with Gasteiger partial charge in [0.25, 0.3) is 0 Å². The summed E-state index contributed by atoms with van der Waals surface area (Å²) in [5, 5.41) is 3.13. The molecule has 3 rings (SSSR count). The number of amides is 1. The summed E-state index contributed by atoms with van der Waals surface area (Å²) < 4.78 is 20.0. The number of alkyl halides is 1. The summed E-state index contributed by atoms with van der Waals surface area (Å²) in [4.78, 5) is 26.7. The van der Waals surface area contributed by atoms with Crippen molar-refractivity contribution in [2.24, 2.45) is 0 Å². The maximum absolute atomic E-state index is 12.9. The predicted octanol–water partition coefficient (Wildman–Crippen LogP) is 3.96. The predicted molar refractivity (Wildman–Crippen MR) is 123 cm³/mol. The number of nitrogens with one attached hydrogen (secondary N) is 1. The van der Waals surface area contributed by atoms with Crippen molar-refractivity contribution in [3.05, 3.63) is 39.6 Å². The number of fused-ring (bicyclic) bond motifs is 1. The molecule has 1 aromatic carbocycles. The van der Waals surface area contributed by atoms with Gasteiger partial charge in [0.15, 0.2) is 11.5 Å². The molecular formula is C20H24Cl2FN7O2. The Morgan fingerprint density at radius 2 is 2.06 bits per heavy atom. The highest BCUT2D eigenvalue weighted by atomic mass is 35.5. The number of imidazole rings is 1. The highest BCUT2D eigenvalue weighted by Crippen LogP contribution is 2.28. The molecule has 9 nitrogen and oxygen atoms in total. The number of halogens is 3. The van der Waals surface area contributed by atoms with Crippen LogP contribution in [0.4, 0.5) is 21.0 Å². The van der Waals surface area contributed by atoms with E-state index in [1.165, 1.54) is 6.07 Å². The van der Waals surface area contributed by atoms with Crippen LogP contribution in [0.2, 0.25) is 10.0 Å². The number of anilines is 2. The van der Waals surface area contributed by atoms with Crippen LogP contribution in [0.1, 0.15) is 24.0 Å². The highest BCUT2D eigenvalue weighted by Gasteiger charge is 2.14. The summed E-state index contributed by atoms with van der Waals surface area (Å²) in [5.41, 5.74) is 7.95. The number of ether oxygens (including phenoxy) is 1. The number of carbonyl (C=O) groups is 1. The van der Waals surface area contributed by atoms with Crippen LogP contribution in [0.5, 0.6) is 0 Å². The lowest BCUT2D eigenvalue weighted by atomic mass is 10.1. The van der Waals surface area contributed by atoms with Gasteiger partial charge < -0.3 is 25.3 Å². The van der Waals surface area contributed by atoms with Gasteiger partial charge in [0.1, 0.15) is 12.2 Å². The fourth-order valence-corrected chi connectivity index (χ4v) is 3.54. The average molecular weight is 484 g/mol. The molecule has 2 aromatic heterocycles. The molecule has 3 N–H and O–H groups in total. The number of nitrogens with two attached hydrogens (primary N) is 1. The first-order valence-electron chi connectivity index (χ1n) is 9.89. The summed E-state index contributed by atoms with van der Waals surface area (Å²) in [6.07, 6.45) is 2.43. The molecular weight excluding hydrogens is 460 g/mol. The minimum atomic E-state index is -0.714. The average Bonchev–Trinajstić information content (AvgIpc) is 3.17. The van der Waals surface area contributed by atoms with E-state index in [0.29, 0.717) is 52.0 Å². The molecule has 172 valence electrons. The maximum atomic E-state index is 12.9. The number of unbranched alkanes of at least 4 members (excludes halogenated alkanes) is 1. The van der Waals surface area contributed by atoms with Gasteiger partial charge in [-0.3, -0.25) is 0 Å². The van der Waals surface area contributed by atoms with Gasteiger partial charge in [0.2, 0.25) is 5.95 Å². The quantitative estimate of drug-likeness (QED) is 0.443. The van der Waals surface area contributed by atoms with Crippen molar-refractivity contribution in [3.63, 3.8) is 0 Å². The number of benzene rings is 1. The van der Waals surface area contributed by atoms with Crippen LogP contribution in [-0.2, 0) is 24.5 Å². The second-order valence-corrected chi connectivity index (χ2v) is 8.03.